The number of benzene rings is 2. The number of hydrogen-bond donors (Lipinski definition) is 0. The molecule has 0 spiro atoms. The van der Waals surface area contributed by atoms with Crippen LogP contribution in [-0.4, -0.2) is 60.9 Å². The largest absolute Gasteiger partial charge is 0.454 e. The van der Waals surface area contributed by atoms with Crippen LogP contribution in [0, 0.1) is 5.92 Å². The Bertz CT molecular complexity index is 1070. The summed E-state index contributed by atoms with van der Waals surface area (Å²) >= 11 is 0. The SMILES string of the molecule is O=C(c1cccc2c1OCO2)N1C[C@@H]2CCCN(C(=O)c3cccc4c3OCO4)[C@@H]2C1. The molecular formula is C23H22N2O6. The van der Waals surface area contributed by atoms with Crippen LogP contribution >= 0.6 is 0 Å². The first-order chi connectivity index (χ1) is 15.2. The number of hydrogen-bond acceptors (Lipinski definition) is 6. The summed E-state index contributed by atoms with van der Waals surface area (Å²) in [6.45, 7) is 2.06. The molecule has 4 aliphatic heterocycles. The van der Waals surface area contributed by atoms with Crippen LogP contribution in [0.5, 0.6) is 23.0 Å². The molecule has 2 saturated heterocycles. The van der Waals surface area contributed by atoms with E-state index in [9.17, 15) is 9.59 Å². The van der Waals surface area contributed by atoms with Crippen molar-refractivity contribution in [2.75, 3.05) is 33.2 Å². The van der Waals surface area contributed by atoms with Crippen LogP contribution in [0.2, 0.25) is 0 Å². The molecule has 31 heavy (non-hydrogen) atoms. The van der Waals surface area contributed by atoms with Crippen molar-refractivity contribution in [1.29, 1.82) is 0 Å². The predicted molar refractivity (Wildman–Crippen MR) is 109 cm³/mol. The monoisotopic (exact) mass is 422 g/mol. The summed E-state index contributed by atoms with van der Waals surface area (Å²) in [5.41, 5.74) is 1.03. The summed E-state index contributed by atoms with van der Waals surface area (Å²) < 4.78 is 21.9. The van der Waals surface area contributed by atoms with E-state index in [0.717, 1.165) is 12.8 Å². The lowest BCUT2D eigenvalue weighted by atomic mass is 9.91. The fourth-order valence-electron chi connectivity index (χ4n) is 5.12. The maximum atomic E-state index is 13.5. The van der Waals surface area contributed by atoms with Crippen molar-refractivity contribution >= 4 is 11.8 Å². The molecular weight excluding hydrogens is 400 g/mol. The van der Waals surface area contributed by atoms with Gasteiger partial charge in [0.15, 0.2) is 23.0 Å². The van der Waals surface area contributed by atoms with Crippen LogP contribution in [-0.2, 0) is 0 Å². The molecule has 0 saturated carbocycles. The van der Waals surface area contributed by atoms with E-state index in [2.05, 4.69) is 0 Å². The Morgan fingerprint density at radius 3 is 2.13 bits per heavy atom. The summed E-state index contributed by atoms with van der Waals surface area (Å²) in [5.74, 6) is 2.32. The molecule has 0 radical (unpaired) electrons. The molecule has 6 rings (SSSR count). The first-order valence-electron chi connectivity index (χ1n) is 10.6. The molecule has 0 aromatic heterocycles. The first kappa shape index (κ1) is 18.4. The summed E-state index contributed by atoms with van der Waals surface area (Å²) in [6, 6.07) is 10.7. The number of nitrogens with zero attached hydrogens (tertiary/aromatic N) is 2. The minimum atomic E-state index is -0.0820. The zero-order chi connectivity index (χ0) is 20.9. The van der Waals surface area contributed by atoms with E-state index in [1.165, 1.54) is 0 Å². The van der Waals surface area contributed by atoms with Crippen molar-refractivity contribution < 1.29 is 28.5 Å². The van der Waals surface area contributed by atoms with E-state index >= 15 is 0 Å². The highest BCUT2D eigenvalue weighted by atomic mass is 16.7. The van der Waals surface area contributed by atoms with Crippen LogP contribution in [0.15, 0.2) is 36.4 Å². The van der Waals surface area contributed by atoms with E-state index in [1.54, 1.807) is 30.3 Å². The highest BCUT2D eigenvalue weighted by Crippen LogP contribution is 2.40. The number of para-hydroxylation sites is 2. The third kappa shape index (κ3) is 2.89. The average Bonchev–Trinajstić information content (AvgIpc) is 3.55. The van der Waals surface area contributed by atoms with Gasteiger partial charge in [0.2, 0.25) is 13.6 Å². The summed E-state index contributed by atoms with van der Waals surface area (Å²) in [5, 5.41) is 0. The Balaban J connectivity index is 1.25. The van der Waals surface area contributed by atoms with Crippen LogP contribution in [0.3, 0.4) is 0 Å². The van der Waals surface area contributed by atoms with E-state index < -0.39 is 0 Å². The number of rotatable bonds is 2. The molecule has 160 valence electrons. The number of ether oxygens (including phenoxy) is 4. The third-order valence-corrected chi connectivity index (χ3v) is 6.58. The quantitative estimate of drug-likeness (QED) is 0.740. The van der Waals surface area contributed by atoms with E-state index in [4.69, 9.17) is 18.9 Å². The fraction of sp³-hybridized carbons (Fsp3) is 0.391. The second-order valence-electron chi connectivity index (χ2n) is 8.26. The number of piperidine rings is 1. The standard InChI is InChI=1S/C23H22N2O6/c26-22(15-5-1-7-18-20(15)30-12-28-18)24-10-14-4-3-9-25(17(14)11-24)23(27)16-6-2-8-19-21(16)31-13-29-19/h1-2,5-8,14,17H,3-4,9-13H2/t14-,17+/m0/s1. The number of likely N-dealkylation sites (tertiary alicyclic amines) is 2. The van der Waals surface area contributed by atoms with E-state index in [0.29, 0.717) is 53.8 Å². The molecule has 4 aliphatic rings. The molecule has 2 aromatic rings. The zero-order valence-corrected chi connectivity index (χ0v) is 16.9. The maximum Gasteiger partial charge on any atom is 0.258 e. The van der Waals surface area contributed by atoms with Gasteiger partial charge < -0.3 is 28.7 Å². The minimum absolute atomic E-state index is 0.0164. The lowest BCUT2D eigenvalue weighted by Gasteiger charge is -2.37. The maximum absolute atomic E-state index is 13.5. The van der Waals surface area contributed by atoms with Gasteiger partial charge in [-0.3, -0.25) is 9.59 Å². The van der Waals surface area contributed by atoms with E-state index in [1.807, 2.05) is 15.9 Å². The molecule has 0 aliphatic carbocycles. The second-order valence-corrected chi connectivity index (χ2v) is 8.26. The number of fused-ring (bicyclic) bond motifs is 3. The second kappa shape index (κ2) is 7.08. The molecule has 8 nitrogen and oxygen atoms in total. The van der Waals surface area contributed by atoms with Gasteiger partial charge in [-0.15, -0.1) is 0 Å². The minimum Gasteiger partial charge on any atom is -0.454 e. The van der Waals surface area contributed by atoms with Gasteiger partial charge >= 0.3 is 0 Å². The Kier molecular flexibility index (Phi) is 4.19. The predicted octanol–water partition coefficient (Wildman–Crippen LogP) is 2.52. The smallest absolute Gasteiger partial charge is 0.258 e. The van der Waals surface area contributed by atoms with Crippen molar-refractivity contribution in [2.45, 2.75) is 18.9 Å². The van der Waals surface area contributed by atoms with Gasteiger partial charge in [-0.2, -0.15) is 0 Å². The Morgan fingerprint density at radius 2 is 1.45 bits per heavy atom. The molecule has 0 bridgehead atoms. The third-order valence-electron chi connectivity index (χ3n) is 6.58. The van der Waals surface area contributed by atoms with Gasteiger partial charge in [0.25, 0.3) is 11.8 Å². The highest BCUT2D eigenvalue weighted by molar-refractivity contribution is 5.99. The topological polar surface area (TPSA) is 77.5 Å². The van der Waals surface area contributed by atoms with Crippen LogP contribution in [0.4, 0.5) is 0 Å². The van der Waals surface area contributed by atoms with Crippen molar-refractivity contribution in [1.82, 2.24) is 9.80 Å². The Hall–Kier alpha value is -3.42. The van der Waals surface area contributed by atoms with Gasteiger partial charge in [-0.25, -0.2) is 0 Å². The van der Waals surface area contributed by atoms with Crippen LogP contribution in [0.1, 0.15) is 33.6 Å². The molecule has 2 amide bonds. The van der Waals surface area contributed by atoms with Gasteiger partial charge in [0.05, 0.1) is 17.2 Å². The van der Waals surface area contributed by atoms with Crippen molar-refractivity contribution in [2.24, 2.45) is 5.92 Å². The number of carbonyl (C=O) groups is 2. The highest BCUT2D eigenvalue weighted by Gasteiger charge is 2.44. The molecule has 2 atom stereocenters. The van der Waals surface area contributed by atoms with Crippen molar-refractivity contribution in [3.63, 3.8) is 0 Å². The molecule has 2 aromatic carbocycles. The first-order valence-corrected chi connectivity index (χ1v) is 10.6. The number of carbonyl (C=O) groups excluding carboxylic acids is 2. The summed E-state index contributed by atoms with van der Waals surface area (Å²) in [7, 11) is 0. The van der Waals surface area contributed by atoms with Crippen LogP contribution in [0.25, 0.3) is 0 Å². The molecule has 4 heterocycles. The van der Waals surface area contributed by atoms with Gasteiger partial charge in [-0.05, 0) is 43.0 Å². The Labute approximate surface area is 179 Å². The van der Waals surface area contributed by atoms with Gasteiger partial charge in [0, 0.05) is 19.6 Å². The summed E-state index contributed by atoms with van der Waals surface area (Å²) in [6.07, 6.45) is 1.91. The number of amides is 2. The molecule has 0 unspecified atom stereocenters. The summed E-state index contributed by atoms with van der Waals surface area (Å²) in [4.78, 5) is 30.5. The molecule has 2 fully saturated rings. The van der Waals surface area contributed by atoms with Gasteiger partial charge in [0.1, 0.15) is 0 Å². The average molecular weight is 422 g/mol. The van der Waals surface area contributed by atoms with Gasteiger partial charge in [-0.1, -0.05) is 12.1 Å². The fourth-order valence-corrected chi connectivity index (χ4v) is 5.12. The molecule has 0 N–H and O–H groups in total. The normalized spacial score (nSPS) is 23.1. The lowest BCUT2D eigenvalue weighted by molar-refractivity contribution is 0.0560. The van der Waals surface area contributed by atoms with E-state index in [-0.39, 0.29) is 37.4 Å². The van der Waals surface area contributed by atoms with Crippen LogP contribution < -0.4 is 18.9 Å². The lowest BCUT2D eigenvalue weighted by Crippen LogP contribution is -2.48. The van der Waals surface area contributed by atoms with Crippen molar-refractivity contribution in [3.05, 3.63) is 47.5 Å². The Morgan fingerprint density at radius 1 is 0.806 bits per heavy atom. The zero-order valence-electron chi connectivity index (χ0n) is 16.9. The van der Waals surface area contributed by atoms with Crippen molar-refractivity contribution in [3.8, 4) is 23.0 Å². The molecule has 8 heteroatoms.